The molecule has 0 atom stereocenters. The second-order valence-corrected chi connectivity index (χ2v) is 6.65. The Hall–Kier alpha value is -1.85. The molecule has 0 fully saturated rings. The molecule has 24 heavy (non-hydrogen) atoms. The van der Waals surface area contributed by atoms with E-state index in [2.05, 4.69) is 15.9 Å². The summed E-state index contributed by atoms with van der Waals surface area (Å²) in [4.78, 5) is 25.7. The van der Waals surface area contributed by atoms with Gasteiger partial charge in [0, 0.05) is 28.7 Å². The van der Waals surface area contributed by atoms with Crippen LogP contribution in [0.4, 0.5) is 0 Å². The average Bonchev–Trinajstić information content (AvgIpc) is 2.60. The molecule has 6 heteroatoms. The fourth-order valence-electron chi connectivity index (χ4n) is 2.75. The molecule has 0 N–H and O–H groups in total. The van der Waals surface area contributed by atoms with Gasteiger partial charge in [0.1, 0.15) is 0 Å². The van der Waals surface area contributed by atoms with E-state index in [9.17, 15) is 9.59 Å². The molecule has 0 radical (unpaired) electrons. The second-order valence-electron chi connectivity index (χ2n) is 5.45. The molecule has 1 aromatic carbocycles. The first-order valence-corrected chi connectivity index (χ1v) is 9.20. The lowest BCUT2D eigenvalue weighted by molar-refractivity contribution is 0.582. The third kappa shape index (κ3) is 3.06. The number of nitrogens with zero attached hydrogens (tertiary/aromatic N) is 2. The third-order valence-corrected chi connectivity index (χ3v) is 4.81. The zero-order valence-electron chi connectivity index (χ0n) is 12.9. The zero-order valence-corrected chi connectivity index (χ0v) is 15.3. The van der Waals surface area contributed by atoms with E-state index in [1.54, 1.807) is 30.5 Å². The van der Waals surface area contributed by atoms with E-state index in [1.807, 2.05) is 18.2 Å². The first kappa shape index (κ1) is 17.0. The van der Waals surface area contributed by atoms with E-state index in [1.165, 1.54) is 8.97 Å². The average molecular weight is 408 g/mol. The molecule has 0 spiro atoms. The Morgan fingerprint density at radius 2 is 1.75 bits per heavy atom. The number of hydrogen-bond donors (Lipinski definition) is 0. The predicted molar refractivity (Wildman–Crippen MR) is 101 cm³/mol. The molecule has 3 aromatic rings. The van der Waals surface area contributed by atoms with Crippen molar-refractivity contribution in [1.82, 2.24) is 8.97 Å². The fourth-order valence-corrected chi connectivity index (χ4v) is 3.38. The van der Waals surface area contributed by atoms with Crippen LogP contribution in [-0.2, 0) is 6.54 Å². The maximum atomic E-state index is 13.0. The number of halogens is 2. The highest BCUT2D eigenvalue weighted by Gasteiger charge is 2.17. The number of benzene rings is 1. The highest BCUT2D eigenvalue weighted by Crippen LogP contribution is 2.27. The molecule has 0 bridgehead atoms. The molecule has 0 aliphatic carbocycles. The summed E-state index contributed by atoms with van der Waals surface area (Å²) in [6.45, 7) is 0.387. The Morgan fingerprint density at radius 3 is 2.50 bits per heavy atom. The molecule has 0 saturated carbocycles. The van der Waals surface area contributed by atoms with E-state index in [-0.39, 0.29) is 11.2 Å². The van der Waals surface area contributed by atoms with Crippen LogP contribution in [0.2, 0.25) is 5.02 Å². The summed E-state index contributed by atoms with van der Waals surface area (Å²) in [5, 5.41) is 1.33. The van der Waals surface area contributed by atoms with Gasteiger partial charge in [-0.25, -0.2) is 4.79 Å². The van der Waals surface area contributed by atoms with Crippen LogP contribution in [-0.4, -0.2) is 14.3 Å². The summed E-state index contributed by atoms with van der Waals surface area (Å²) in [6, 6.07) is 12.6. The Bertz CT molecular complexity index is 994. The van der Waals surface area contributed by atoms with E-state index in [0.29, 0.717) is 28.2 Å². The largest absolute Gasteiger partial charge is 0.335 e. The second kappa shape index (κ2) is 7.36. The molecule has 0 amide bonds. The fraction of sp³-hybridized carbons (Fsp3) is 0.222. The number of alkyl halides is 1. The number of aromatic nitrogens is 2. The number of unbranched alkanes of at least 4 members (excludes halogenated alkanes) is 1. The Kier molecular flexibility index (Phi) is 5.21. The molecular weight excluding hydrogens is 392 g/mol. The summed E-state index contributed by atoms with van der Waals surface area (Å²) in [5.74, 6) is 0. The number of pyridine rings is 1. The molecule has 4 nitrogen and oxygen atoms in total. The van der Waals surface area contributed by atoms with E-state index < -0.39 is 0 Å². The van der Waals surface area contributed by atoms with E-state index in [4.69, 9.17) is 11.6 Å². The summed E-state index contributed by atoms with van der Waals surface area (Å²) < 4.78 is 2.81. The molecule has 0 unspecified atom stereocenters. The number of rotatable bonds is 5. The van der Waals surface area contributed by atoms with Crippen molar-refractivity contribution in [3.8, 4) is 11.1 Å². The Morgan fingerprint density at radius 1 is 1.00 bits per heavy atom. The van der Waals surface area contributed by atoms with E-state index in [0.717, 1.165) is 18.2 Å². The van der Waals surface area contributed by atoms with Gasteiger partial charge >= 0.3 is 5.69 Å². The monoisotopic (exact) mass is 406 g/mol. The molecule has 0 aliphatic rings. The van der Waals surface area contributed by atoms with Crippen LogP contribution in [0, 0.1) is 0 Å². The van der Waals surface area contributed by atoms with Crippen molar-refractivity contribution in [2.45, 2.75) is 19.4 Å². The van der Waals surface area contributed by atoms with Gasteiger partial charge in [-0.3, -0.25) is 13.8 Å². The van der Waals surface area contributed by atoms with Crippen molar-refractivity contribution >= 4 is 33.0 Å². The van der Waals surface area contributed by atoms with Gasteiger partial charge < -0.3 is 0 Å². The third-order valence-electron chi connectivity index (χ3n) is 3.92. The summed E-state index contributed by atoms with van der Waals surface area (Å²) in [7, 11) is 0. The Balaban J connectivity index is 2.34. The molecule has 2 aromatic heterocycles. The van der Waals surface area contributed by atoms with Crippen molar-refractivity contribution in [3.05, 3.63) is 74.5 Å². The molecule has 0 saturated heterocycles. The molecule has 0 aliphatic heterocycles. The van der Waals surface area contributed by atoms with Crippen LogP contribution in [0.5, 0.6) is 0 Å². The summed E-state index contributed by atoms with van der Waals surface area (Å²) >= 11 is 9.68. The van der Waals surface area contributed by atoms with Crippen LogP contribution in [0.15, 0.2) is 58.3 Å². The predicted octanol–water partition coefficient (Wildman–Crippen LogP) is 3.96. The molecule has 3 rings (SSSR count). The van der Waals surface area contributed by atoms with Crippen molar-refractivity contribution in [1.29, 1.82) is 0 Å². The SMILES string of the molecule is O=c1c(-c2ccccc2Cl)c2ccccn2c(=O)n1CCCCBr. The lowest BCUT2D eigenvalue weighted by Gasteiger charge is -2.13. The van der Waals surface area contributed by atoms with Crippen molar-refractivity contribution < 1.29 is 0 Å². The topological polar surface area (TPSA) is 43.5 Å². The lowest BCUT2D eigenvalue weighted by atomic mass is 10.1. The van der Waals surface area contributed by atoms with Gasteiger partial charge in [-0.15, -0.1) is 0 Å². The number of fused-ring (bicyclic) bond motifs is 1. The van der Waals surface area contributed by atoms with Crippen LogP contribution in [0.3, 0.4) is 0 Å². The maximum Gasteiger partial charge on any atom is 0.335 e. The Labute approximate surface area is 152 Å². The zero-order chi connectivity index (χ0) is 17.1. The van der Waals surface area contributed by atoms with Crippen LogP contribution < -0.4 is 11.2 Å². The molecular formula is C18H16BrClN2O2. The first-order chi connectivity index (χ1) is 11.6. The minimum Gasteiger partial charge on any atom is -0.269 e. The van der Waals surface area contributed by atoms with Crippen LogP contribution in [0.25, 0.3) is 16.6 Å². The van der Waals surface area contributed by atoms with Crippen molar-refractivity contribution in [3.63, 3.8) is 0 Å². The van der Waals surface area contributed by atoms with Crippen LogP contribution in [0.1, 0.15) is 12.8 Å². The highest BCUT2D eigenvalue weighted by atomic mass is 79.9. The minimum atomic E-state index is -0.319. The van der Waals surface area contributed by atoms with E-state index >= 15 is 0 Å². The summed E-state index contributed by atoms with van der Waals surface area (Å²) in [6.07, 6.45) is 3.32. The van der Waals surface area contributed by atoms with Gasteiger partial charge in [-0.2, -0.15) is 0 Å². The van der Waals surface area contributed by atoms with Gasteiger partial charge in [-0.1, -0.05) is 51.8 Å². The van der Waals surface area contributed by atoms with Gasteiger partial charge in [0.2, 0.25) is 0 Å². The lowest BCUT2D eigenvalue weighted by Crippen LogP contribution is -2.38. The molecule has 124 valence electrons. The van der Waals surface area contributed by atoms with Crippen molar-refractivity contribution in [2.75, 3.05) is 5.33 Å². The summed E-state index contributed by atoms with van der Waals surface area (Å²) in [5.41, 5.74) is 1.05. The normalized spacial score (nSPS) is 11.1. The van der Waals surface area contributed by atoms with Gasteiger partial charge in [-0.05, 0) is 31.0 Å². The van der Waals surface area contributed by atoms with Gasteiger partial charge in [0.25, 0.3) is 5.56 Å². The quantitative estimate of drug-likeness (QED) is 0.475. The minimum absolute atomic E-state index is 0.297. The molecule has 2 heterocycles. The smallest absolute Gasteiger partial charge is 0.269 e. The maximum absolute atomic E-state index is 13.0. The van der Waals surface area contributed by atoms with Crippen LogP contribution >= 0.6 is 27.5 Å². The number of hydrogen-bond acceptors (Lipinski definition) is 2. The van der Waals surface area contributed by atoms with Crippen molar-refractivity contribution in [2.24, 2.45) is 0 Å². The standard InChI is InChI=1S/C18H16BrClN2O2/c19-10-4-6-12-22-17(23)16(13-7-1-2-8-14(13)20)15-9-3-5-11-21(15)18(22)24/h1-3,5,7-9,11H,4,6,10,12H2. The van der Waals surface area contributed by atoms with Gasteiger partial charge in [0.05, 0.1) is 11.1 Å². The van der Waals surface area contributed by atoms with Gasteiger partial charge in [0.15, 0.2) is 0 Å². The first-order valence-electron chi connectivity index (χ1n) is 7.70. The highest BCUT2D eigenvalue weighted by molar-refractivity contribution is 9.09.